The van der Waals surface area contributed by atoms with Gasteiger partial charge in [-0.1, -0.05) is 41.4 Å². The highest BCUT2D eigenvalue weighted by Gasteiger charge is 2.45. The van der Waals surface area contributed by atoms with Gasteiger partial charge in [-0.15, -0.1) is 22.7 Å². The van der Waals surface area contributed by atoms with Gasteiger partial charge in [0.25, 0.3) is 0 Å². The first-order chi connectivity index (χ1) is 49.1. The number of anilines is 2. The molecule has 524 valence electrons. The summed E-state index contributed by atoms with van der Waals surface area (Å²) >= 11 is 15.7. The van der Waals surface area contributed by atoms with E-state index in [1.807, 2.05) is 0 Å². The van der Waals surface area contributed by atoms with E-state index in [-0.39, 0.29) is 104 Å². The van der Waals surface area contributed by atoms with Crippen molar-refractivity contribution in [1.82, 2.24) is 45.2 Å². The first-order valence-electron chi connectivity index (χ1n) is 31.2. The zero-order valence-electron chi connectivity index (χ0n) is 53.5. The van der Waals surface area contributed by atoms with Crippen LogP contribution in [0.2, 0.25) is 10.0 Å². The van der Waals surface area contributed by atoms with Gasteiger partial charge in [0.2, 0.25) is 0 Å². The van der Waals surface area contributed by atoms with E-state index in [1.165, 1.54) is 115 Å². The van der Waals surface area contributed by atoms with Crippen molar-refractivity contribution in [3.63, 3.8) is 0 Å². The lowest BCUT2D eigenvalue weighted by Gasteiger charge is -2.38. The molecule has 4 fully saturated rings. The van der Waals surface area contributed by atoms with Crippen LogP contribution in [0.5, 0.6) is 11.5 Å². The minimum atomic E-state index is -1.30. The second kappa shape index (κ2) is 29.5. The molecule has 0 bridgehead atoms. The molecule has 24 nitrogen and oxygen atoms in total. The van der Waals surface area contributed by atoms with Gasteiger partial charge in [-0.05, 0) is 90.5 Å². The molecular weight excluding hydrogens is 1420 g/mol. The van der Waals surface area contributed by atoms with Crippen molar-refractivity contribution in [2.75, 3.05) is 89.5 Å². The lowest BCUT2D eigenvalue weighted by molar-refractivity contribution is -0.137. The standard InChI is InChI=1S/C35H28ClF3N6O5S.C34H28ClF2N7O6S/c1-50-34(48)29-28(41-31(32-40-6-9-51-32)42-30(29)25-5-3-20(37)14-26(25)36)17-43-7-8-44-23(15-43)16-45(35(44)49)22-11-19(10-21(38)13-22)24-4-2-18(33(46)47)12-27(24)39;1-49-33(47)28-25(40-30(31-38-8-11-51-31)41-29(28)22-5-3-19(36)13-23(22)35)17-42-9-10-43-20(15-42)16-44(34(43)48)27-7-4-21(14-39-27)50-26-6-2-18(32(45)46)12-24(26)37/h2-6,9-14,23,30H,7-8,15-17H2,1H3,(H,41,42)(H,46,47);2-8,11-14,20,29H,9-10,15-17H2,1H3,(H,40,41)(H,45,46)/t23-,30-;20-,29-/m00/s1. The van der Waals surface area contributed by atoms with Crippen LogP contribution in [0.4, 0.5) is 43.0 Å². The maximum Gasteiger partial charge on any atom is 0.338 e. The summed E-state index contributed by atoms with van der Waals surface area (Å²) in [5.74, 6) is -6.02. The van der Waals surface area contributed by atoms with Gasteiger partial charge in [-0.3, -0.25) is 29.6 Å². The number of esters is 2. The van der Waals surface area contributed by atoms with Crippen molar-refractivity contribution in [2.45, 2.75) is 24.2 Å². The molecule has 4 N–H and O–H groups in total. The molecule has 3 aromatic heterocycles. The minimum absolute atomic E-state index is 0.00755. The molecule has 9 heterocycles. The van der Waals surface area contributed by atoms with Crippen LogP contribution in [-0.2, 0) is 19.1 Å². The van der Waals surface area contributed by atoms with Gasteiger partial charge in [0.05, 0.1) is 61.3 Å². The van der Waals surface area contributed by atoms with Gasteiger partial charge in [-0.2, -0.15) is 0 Å². The van der Waals surface area contributed by atoms with Crippen LogP contribution < -0.4 is 25.2 Å². The van der Waals surface area contributed by atoms with Crippen molar-refractivity contribution in [2.24, 2.45) is 9.98 Å². The summed E-state index contributed by atoms with van der Waals surface area (Å²) in [6, 6.07) is 18.5. The zero-order chi connectivity index (χ0) is 71.8. The molecule has 0 radical (unpaired) electrons. The monoisotopic (exact) mass is 1470 g/mol. The Labute approximate surface area is 594 Å². The number of hydrogen-bond donors (Lipinski definition) is 4. The van der Waals surface area contributed by atoms with Crippen LogP contribution in [0.3, 0.4) is 0 Å². The Kier molecular flexibility index (Phi) is 20.2. The van der Waals surface area contributed by atoms with Crippen LogP contribution >= 0.6 is 45.9 Å². The molecule has 5 aromatic carbocycles. The molecule has 0 unspecified atom stereocenters. The highest BCUT2D eigenvalue weighted by Crippen LogP contribution is 2.41. The average Bonchev–Trinajstić information content (AvgIpc) is 1.16. The first kappa shape index (κ1) is 69.8. The third-order valence-corrected chi connectivity index (χ3v) is 19.8. The maximum atomic E-state index is 14.9. The number of benzene rings is 5. The van der Waals surface area contributed by atoms with Gasteiger partial charge < -0.3 is 44.9 Å². The van der Waals surface area contributed by atoms with Gasteiger partial charge in [0.1, 0.15) is 46.9 Å². The number of pyridine rings is 1. The number of ether oxygens (including phenoxy) is 3. The number of aliphatic imine (C=N–C) groups is 2. The molecule has 102 heavy (non-hydrogen) atoms. The average molecular weight is 1470 g/mol. The van der Waals surface area contributed by atoms with E-state index in [1.54, 1.807) is 50.0 Å². The minimum Gasteiger partial charge on any atom is -0.478 e. The lowest BCUT2D eigenvalue weighted by Crippen LogP contribution is -2.53. The molecule has 8 aromatic rings. The summed E-state index contributed by atoms with van der Waals surface area (Å²) in [5.41, 5.74) is 2.16. The highest BCUT2D eigenvalue weighted by molar-refractivity contribution is 7.12. The van der Waals surface area contributed by atoms with Gasteiger partial charge in [0.15, 0.2) is 33.3 Å². The number of carboxylic acid groups (broad SMARTS) is 2. The number of methoxy groups -OCH3 is 2. The number of carbonyl (C=O) groups is 6. The molecule has 0 saturated carbocycles. The summed E-state index contributed by atoms with van der Waals surface area (Å²) < 4.78 is 88.2. The van der Waals surface area contributed by atoms with Crippen LogP contribution in [0.1, 0.15) is 53.9 Å². The quantitative estimate of drug-likeness (QED) is 0.0487. The fraction of sp³-hybridized carbons (Fsp3) is 0.232. The van der Waals surface area contributed by atoms with Crippen molar-refractivity contribution in [3.05, 3.63) is 226 Å². The fourth-order valence-corrected chi connectivity index (χ4v) is 14.5. The van der Waals surface area contributed by atoms with Crippen LogP contribution in [0.25, 0.3) is 11.1 Å². The van der Waals surface area contributed by atoms with E-state index in [2.05, 4.69) is 35.4 Å². The molecule has 33 heteroatoms. The third-order valence-electron chi connectivity index (χ3n) is 17.6. The smallest absolute Gasteiger partial charge is 0.338 e. The highest BCUT2D eigenvalue weighted by atomic mass is 35.5. The number of rotatable bonds is 17. The topological polar surface area (TPSA) is 277 Å². The molecule has 4 atom stereocenters. The Morgan fingerprint density at radius 1 is 0.578 bits per heavy atom. The molecule has 6 aliphatic heterocycles. The van der Waals surface area contributed by atoms with E-state index in [9.17, 15) is 55.8 Å². The van der Waals surface area contributed by atoms with E-state index in [0.717, 1.165) is 24.3 Å². The molecular formula is C69H56Cl2F5N13O11S2. The third kappa shape index (κ3) is 14.5. The number of hydrogen-bond acceptors (Lipinski definition) is 20. The summed E-state index contributed by atoms with van der Waals surface area (Å²) in [4.78, 5) is 109. The Hall–Kier alpha value is -10.7. The number of aromatic nitrogens is 3. The van der Waals surface area contributed by atoms with Crippen molar-refractivity contribution >= 4 is 105 Å². The number of amides is 4. The molecule has 14 rings (SSSR count). The van der Waals surface area contributed by atoms with E-state index in [4.69, 9.17) is 52.5 Å². The molecule has 0 spiro atoms. The number of nitrogens with zero attached hydrogens (tertiary/aromatic N) is 11. The van der Waals surface area contributed by atoms with E-state index < -0.39 is 65.0 Å². The summed E-state index contributed by atoms with van der Waals surface area (Å²) in [6.45, 7) is 3.56. The number of amidine groups is 2. The number of piperazine rings is 2. The molecule has 4 saturated heterocycles. The summed E-state index contributed by atoms with van der Waals surface area (Å²) in [7, 11) is 2.53. The Morgan fingerprint density at radius 3 is 1.57 bits per heavy atom. The van der Waals surface area contributed by atoms with E-state index >= 15 is 0 Å². The van der Waals surface area contributed by atoms with Gasteiger partial charge >= 0.3 is 35.9 Å². The van der Waals surface area contributed by atoms with Crippen molar-refractivity contribution in [3.8, 4) is 22.6 Å². The number of thiazole rings is 2. The maximum absolute atomic E-state index is 14.9. The predicted molar refractivity (Wildman–Crippen MR) is 366 cm³/mol. The second-order valence-electron chi connectivity index (χ2n) is 23.8. The fourth-order valence-electron chi connectivity index (χ4n) is 12.8. The van der Waals surface area contributed by atoms with Crippen molar-refractivity contribution < 1.29 is 75.1 Å². The Bertz CT molecular complexity index is 4810. The van der Waals surface area contributed by atoms with Crippen LogP contribution in [0.15, 0.2) is 165 Å². The number of carbonyl (C=O) groups excluding carboxylic acids is 4. The van der Waals surface area contributed by atoms with Crippen molar-refractivity contribution in [1.29, 1.82) is 0 Å². The first-order valence-corrected chi connectivity index (χ1v) is 33.7. The molecule has 6 aliphatic rings. The zero-order valence-corrected chi connectivity index (χ0v) is 56.7. The molecule has 4 amide bonds. The normalized spacial score (nSPS) is 19.1. The number of halogens is 7. The summed E-state index contributed by atoms with van der Waals surface area (Å²) in [5, 5.41) is 29.7. The number of fused-ring (bicyclic) bond motifs is 2. The number of nitrogens with one attached hydrogen (secondary N) is 2. The van der Waals surface area contributed by atoms with Gasteiger partial charge in [0, 0.05) is 126 Å². The Morgan fingerprint density at radius 2 is 1.10 bits per heavy atom. The van der Waals surface area contributed by atoms with Gasteiger partial charge in [-0.25, -0.2) is 65.7 Å². The summed E-state index contributed by atoms with van der Waals surface area (Å²) in [6.07, 6.45) is 4.62. The molecule has 0 aliphatic carbocycles. The van der Waals surface area contributed by atoms with Crippen LogP contribution in [0, 0.1) is 29.1 Å². The second-order valence-corrected chi connectivity index (χ2v) is 26.4. The largest absolute Gasteiger partial charge is 0.478 e. The lowest BCUT2D eigenvalue weighted by atomic mass is 9.95. The van der Waals surface area contributed by atoms with Crippen LogP contribution in [-0.4, -0.2) is 184 Å². The van der Waals surface area contributed by atoms with E-state index in [0.29, 0.717) is 95.8 Å². The number of carboxylic acids is 2. The number of aromatic carboxylic acids is 2. The Balaban J connectivity index is 0.000000182. The SMILES string of the molecule is COC(=O)C1=C(CN2CCN3C(=O)N(c4cc(F)cc(-c5ccc(C(=O)O)cc5F)c4)C[C@@H]3C2)NC(c2nccs2)=N[C@H]1c1ccc(F)cc1Cl.COC(=O)C1=C(CN2CCN3C(=O)N(c4ccc(Oc5ccc(C(=O)O)cc5F)cn4)C[C@@H]3C2)NC(c2nccs2)=N[C@H]1c1ccc(F)cc1Cl. The predicted octanol–water partition coefficient (Wildman–Crippen LogP) is 10.8. The number of urea groups is 2.